The normalized spacial score (nSPS) is 10.1. The summed E-state index contributed by atoms with van der Waals surface area (Å²) in [4.78, 5) is 36.0. The van der Waals surface area contributed by atoms with Gasteiger partial charge in [0, 0.05) is 25.3 Å². The lowest BCUT2D eigenvalue weighted by Gasteiger charge is -2.11. The van der Waals surface area contributed by atoms with Crippen molar-refractivity contribution >= 4 is 23.5 Å². The molecule has 6 heteroatoms. The average molecular weight is 292 g/mol. The standard InChI is InChI=1S/C15H20N2O4/c1-10(2)15(20)21-9-13(18)16-12-7-5-11(6-8-12)14(19)17(3)4/h5-8,10H,9H2,1-4H3,(H,16,18). The first-order valence-electron chi connectivity index (χ1n) is 6.59. The molecule has 1 aromatic carbocycles. The first kappa shape index (κ1) is 16.7. The molecule has 0 aliphatic rings. The van der Waals surface area contributed by atoms with Gasteiger partial charge in [0.2, 0.25) is 0 Å². The highest BCUT2D eigenvalue weighted by atomic mass is 16.5. The predicted molar refractivity (Wildman–Crippen MR) is 78.9 cm³/mol. The van der Waals surface area contributed by atoms with E-state index in [0.717, 1.165) is 0 Å². The van der Waals surface area contributed by atoms with E-state index < -0.39 is 11.9 Å². The molecule has 0 saturated carbocycles. The molecule has 0 unspecified atom stereocenters. The fourth-order valence-electron chi connectivity index (χ4n) is 1.45. The number of rotatable bonds is 5. The van der Waals surface area contributed by atoms with Crippen LogP contribution >= 0.6 is 0 Å². The molecule has 1 N–H and O–H groups in total. The Morgan fingerprint density at radius 2 is 1.71 bits per heavy atom. The van der Waals surface area contributed by atoms with Gasteiger partial charge in [-0.1, -0.05) is 13.8 Å². The number of esters is 1. The van der Waals surface area contributed by atoms with Crippen LogP contribution in [0.2, 0.25) is 0 Å². The molecule has 21 heavy (non-hydrogen) atoms. The van der Waals surface area contributed by atoms with Crippen LogP contribution in [0.4, 0.5) is 5.69 Å². The fraction of sp³-hybridized carbons (Fsp3) is 0.400. The third-order valence-electron chi connectivity index (χ3n) is 2.64. The van der Waals surface area contributed by atoms with Crippen LogP contribution in [0.15, 0.2) is 24.3 Å². The molecular formula is C15H20N2O4. The largest absolute Gasteiger partial charge is 0.455 e. The maximum absolute atomic E-state index is 11.7. The Morgan fingerprint density at radius 1 is 1.14 bits per heavy atom. The van der Waals surface area contributed by atoms with Gasteiger partial charge in [-0.15, -0.1) is 0 Å². The van der Waals surface area contributed by atoms with Gasteiger partial charge in [-0.05, 0) is 24.3 Å². The van der Waals surface area contributed by atoms with E-state index in [2.05, 4.69) is 5.32 Å². The SMILES string of the molecule is CC(C)C(=O)OCC(=O)Nc1ccc(C(=O)N(C)C)cc1. The molecule has 0 atom stereocenters. The van der Waals surface area contributed by atoms with Crippen LogP contribution in [-0.2, 0) is 14.3 Å². The summed E-state index contributed by atoms with van der Waals surface area (Å²) in [5.74, 6) is -1.22. The summed E-state index contributed by atoms with van der Waals surface area (Å²) < 4.78 is 4.82. The first-order chi connectivity index (χ1) is 9.81. The van der Waals surface area contributed by atoms with Crippen molar-refractivity contribution in [3.05, 3.63) is 29.8 Å². The quantitative estimate of drug-likeness (QED) is 0.835. The predicted octanol–water partition coefficient (Wildman–Crippen LogP) is 1.53. The van der Waals surface area contributed by atoms with E-state index in [1.165, 1.54) is 4.90 Å². The van der Waals surface area contributed by atoms with E-state index >= 15 is 0 Å². The third kappa shape index (κ3) is 5.25. The number of benzene rings is 1. The van der Waals surface area contributed by atoms with Crippen LogP contribution < -0.4 is 5.32 Å². The zero-order valence-corrected chi connectivity index (χ0v) is 12.7. The number of ether oxygens (including phenoxy) is 1. The molecule has 0 radical (unpaired) electrons. The summed E-state index contributed by atoms with van der Waals surface area (Å²) in [5.41, 5.74) is 1.07. The fourth-order valence-corrected chi connectivity index (χ4v) is 1.45. The van der Waals surface area contributed by atoms with Gasteiger partial charge in [0.1, 0.15) is 0 Å². The van der Waals surface area contributed by atoms with Crippen molar-refractivity contribution in [3.63, 3.8) is 0 Å². The van der Waals surface area contributed by atoms with E-state index in [0.29, 0.717) is 11.3 Å². The molecule has 0 saturated heterocycles. The van der Waals surface area contributed by atoms with Gasteiger partial charge in [0.15, 0.2) is 6.61 Å². The van der Waals surface area contributed by atoms with Crippen LogP contribution in [0.25, 0.3) is 0 Å². The van der Waals surface area contributed by atoms with Gasteiger partial charge < -0.3 is 15.0 Å². The molecule has 1 rings (SSSR count). The highest BCUT2D eigenvalue weighted by Crippen LogP contribution is 2.10. The molecule has 0 heterocycles. The molecule has 114 valence electrons. The molecule has 0 fully saturated rings. The molecule has 0 aliphatic heterocycles. The van der Waals surface area contributed by atoms with Gasteiger partial charge in [-0.3, -0.25) is 14.4 Å². The molecule has 0 spiro atoms. The van der Waals surface area contributed by atoms with Crippen LogP contribution in [0.5, 0.6) is 0 Å². The van der Waals surface area contributed by atoms with E-state index in [9.17, 15) is 14.4 Å². The van der Waals surface area contributed by atoms with Gasteiger partial charge in [0.25, 0.3) is 11.8 Å². The summed E-state index contributed by atoms with van der Waals surface area (Å²) in [6.45, 7) is 3.07. The van der Waals surface area contributed by atoms with Gasteiger partial charge in [0.05, 0.1) is 5.92 Å². The maximum atomic E-state index is 11.7. The second kappa shape index (κ2) is 7.42. The summed E-state index contributed by atoms with van der Waals surface area (Å²) in [7, 11) is 3.34. The van der Waals surface area contributed by atoms with E-state index in [1.54, 1.807) is 52.2 Å². The number of carbonyl (C=O) groups is 3. The van der Waals surface area contributed by atoms with Crippen molar-refractivity contribution in [2.24, 2.45) is 5.92 Å². The van der Waals surface area contributed by atoms with Crippen molar-refractivity contribution in [1.82, 2.24) is 4.90 Å². The lowest BCUT2D eigenvalue weighted by atomic mass is 10.2. The van der Waals surface area contributed by atoms with Crippen LogP contribution in [0.1, 0.15) is 24.2 Å². The van der Waals surface area contributed by atoms with Crippen molar-refractivity contribution in [3.8, 4) is 0 Å². The molecule has 6 nitrogen and oxygen atoms in total. The lowest BCUT2D eigenvalue weighted by molar-refractivity contribution is -0.150. The van der Waals surface area contributed by atoms with Crippen molar-refractivity contribution in [1.29, 1.82) is 0 Å². The second-order valence-electron chi connectivity index (χ2n) is 5.09. The summed E-state index contributed by atoms with van der Waals surface area (Å²) in [6, 6.07) is 6.49. The number of amides is 2. The summed E-state index contributed by atoms with van der Waals surface area (Å²) in [6.07, 6.45) is 0. The Kier molecular flexibility index (Phi) is 5.90. The zero-order chi connectivity index (χ0) is 16.0. The Balaban J connectivity index is 2.54. The smallest absolute Gasteiger partial charge is 0.308 e. The summed E-state index contributed by atoms with van der Waals surface area (Å²) in [5, 5.41) is 2.59. The minimum atomic E-state index is -0.421. The van der Waals surface area contributed by atoms with Crippen molar-refractivity contribution in [2.75, 3.05) is 26.0 Å². The minimum Gasteiger partial charge on any atom is -0.455 e. The van der Waals surface area contributed by atoms with E-state index in [1.807, 2.05) is 0 Å². The number of hydrogen-bond acceptors (Lipinski definition) is 4. The highest BCUT2D eigenvalue weighted by molar-refractivity contribution is 5.96. The minimum absolute atomic E-state index is 0.112. The lowest BCUT2D eigenvalue weighted by Crippen LogP contribution is -2.23. The topological polar surface area (TPSA) is 75.7 Å². The van der Waals surface area contributed by atoms with Gasteiger partial charge >= 0.3 is 5.97 Å². The zero-order valence-electron chi connectivity index (χ0n) is 12.7. The van der Waals surface area contributed by atoms with Crippen LogP contribution in [-0.4, -0.2) is 43.4 Å². The number of anilines is 1. The Morgan fingerprint density at radius 3 is 2.19 bits per heavy atom. The number of carbonyl (C=O) groups excluding carboxylic acids is 3. The average Bonchev–Trinajstić information content (AvgIpc) is 2.44. The Hall–Kier alpha value is -2.37. The van der Waals surface area contributed by atoms with Crippen molar-refractivity contribution < 1.29 is 19.1 Å². The Bertz CT molecular complexity index is 521. The van der Waals surface area contributed by atoms with Gasteiger partial charge in [-0.25, -0.2) is 0 Å². The second-order valence-corrected chi connectivity index (χ2v) is 5.09. The third-order valence-corrected chi connectivity index (χ3v) is 2.64. The maximum Gasteiger partial charge on any atom is 0.308 e. The summed E-state index contributed by atoms with van der Waals surface area (Å²) >= 11 is 0. The highest BCUT2D eigenvalue weighted by Gasteiger charge is 2.12. The molecule has 0 aliphatic carbocycles. The van der Waals surface area contributed by atoms with E-state index in [-0.39, 0.29) is 18.4 Å². The van der Waals surface area contributed by atoms with Gasteiger partial charge in [-0.2, -0.15) is 0 Å². The molecule has 0 aromatic heterocycles. The number of hydrogen-bond donors (Lipinski definition) is 1. The number of nitrogens with one attached hydrogen (secondary N) is 1. The van der Waals surface area contributed by atoms with Crippen LogP contribution in [0, 0.1) is 5.92 Å². The molecule has 2 amide bonds. The van der Waals surface area contributed by atoms with Crippen molar-refractivity contribution in [2.45, 2.75) is 13.8 Å². The first-order valence-corrected chi connectivity index (χ1v) is 6.59. The molecule has 0 bridgehead atoms. The molecule has 1 aromatic rings. The van der Waals surface area contributed by atoms with Crippen LogP contribution in [0.3, 0.4) is 0 Å². The monoisotopic (exact) mass is 292 g/mol. The number of nitrogens with zero attached hydrogens (tertiary/aromatic N) is 1. The Labute approximate surface area is 124 Å². The van der Waals surface area contributed by atoms with E-state index in [4.69, 9.17) is 4.74 Å². The molecular weight excluding hydrogens is 272 g/mol.